The average molecular weight is 420 g/mol. The van der Waals surface area contributed by atoms with Gasteiger partial charge in [-0.15, -0.1) is 0 Å². The van der Waals surface area contributed by atoms with Crippen LogP contribution >= 0.6 is 15.9 Å². The second-order valence-electron chi connectivity index (χ2n) is 5.34. The molecule has 3 aromatic rings. The lowest BCUT2D eigenvalue weighted by molar-refractivity contribution is -0.384. The lowest BCUT2D eigenvalue weighted by Gasteiger charge is -2.11. The van der Waals surface area contributed by atoms with E-state index in [0.29, 0.717) is 15.4 Å². The summed E-state index contributed by atoms with van der Waals surface area (Å²) in [6.45, 7) is 0. The number of hydrogen-bond acceptors (Lipinski definition) is 6. The van der Waals surface area contributed by atoms with E-state index in [2.05, 4.69) is 31.2 Å². The predicted molar refractivity (Wildman–Crippen MR) is 96.5 cm³/mol. The maximum atomic E-state index is 14.1. The Labute approximate surface area is 154 Å². The summed E-state index contributed by atoms with van der Waals surface area (Å²) in [7, 11) is 0. The van der Waals surface area contributed by atoms with Crippen molar-refractivity contribution in [2.75, 3.05) is 5.32 Å². The highest BCUT2D eigenvalue weighted by atomic mass is 79.9. The smallest absolute Gasteiger partial charge is 0.270 e. The highest BCUT2D eigenvalue weighted by molar-refractivity contribution is 9.10. The predicted octanol–water partition coefficient (Wildman–Crippen LogP) is 3.21. The van der Waals surface area contributed by atoms with Gasteiger partial charge in [0.05, 0.1) is 22.5 Å². The summed E-state index contributed by atoms with van der Waals surface area (Å²) in [5.41, 5.74) is 5.50. The summed E-state index contributed by atoms with van der Waals surface area (Å²) >= 11 is 3.17. The molecule has 0 spiro atoms. The molecule has 0 bridgehead atoms. The quantitative estimate of drug-likeness (QED) is 0.483. The summed E-state index contributed by atoms with van der Waals surface area (Å²) < 4.78 is 14.7. The summed E-state index contributed by atoms with van der Waals surface area (Å²) in [4.78, 5) is 30.0. The molecule has 26 heavy (non-hydrogen) atoms. The fraction of sp³-hybridized carbons (Fsp3) is 0.0625. The third-order valence-corrected chi connectivity index (χ3v) is 3.95. The second kappa shape index (κ2) is 7.00. The van der Waals surface area contributed by atoms with E-state index in [-0.39, 0.29) is 29.4 Å². The molecule has 1 amide bonds. The number of nitrogens with two attached hydrogens (primary N) is 1. The van der Waals surface area contributed by atoms with E-state index in [0.717, 1.165) is 0 Å². The Morgan fingerprint density at radius 2 is 2.04 bits per heavy atom. The van der Waals surface area contributed by atoms with Crippen LogP contribution in [0.5, 0.6) is 0 Å². The largest absolute Gasteiger partial charge is 0.369 e. The number of nitrogens with one attached hydrogen (secondary N) is 1. The van der Waals surface area contributed by atoms with Gasteiger partial charge in [-0.3, -0.25) is 14.9 Å². The molecule has 2 aromatic carbocycles. The van der Waals surface area contributed by atoms with Gasteiger partial charge >= 0.3 is 0 Å². The first-order valence-electron chi connectivity index (χ1n) is 7.29. The SMILES string of the molecule is NC(=O)Cc1nc(Nc2ccc(Br)cc2F)c2cc([N+](=O)[O-])ccc2n1. The summed E-state index contributed by atoms with van der Waals surface area (Å²) in [5, 5.41) is 14.2. The topological polar surface area (TPSA) is 124 Å². The minimum Gasteiger partial charge on any atom is -0.369 e. The fourth-order valence-electron chi connectivity index (χ4n) is 2.33. The Kier molecular flexibility index (Phi) is 4.76. The van der Waals surface area contributed by atoms with E-state index >= 15 is 0 Å². The van der Waals surface area contributed by atoms with Crippen molar-refractivity contribution in [1.82, 2.24) is 9.97 Å². The van der Waals surface area contributed by atoms with Crippen molar-refractivity contribution in [1.29, 1.82) is 0 Å². The third-order valence-electron chi connectivity index (χ3n) is 3.45. The van der Waals surface area contributed by atoms with Crippen LogP contribution in [0.2, 0.25) is 0 Å². The number of non-ortho nitro benzene ring substituents is 1. The van der Waals surface area contributed by atoms with Crippen molar-refractivity contribution in [3.63, 3.8) is 0 Å². The van der Waals surface area contributed by atoms with Crippen molar-refractivity contribution in [2.24, 2.45) is 5.73 Å². The number of nitro benzene ring substituents is 1. The fourth-order valence-corrected chi connectivity index (χ4v) is 2.66. The van der Waals surface area contributed by atoms with Crippen molar-refractivity contribution in [2.45, 2.75) is 6.42 Å². The molecular formula is C16H11BrFN5O3. The van der Waals surface area contributed by atoms with E-state index in [1.165, 1.54) is 30.3 Å². The normalized spacial score (nSPS) is 10.7. The number of carbonyl (C=O) groups is 1. The Bertz CT molecular complexity index is 1040. The summed E-state index contributed by atoms with van der Waals surface area (Å²) in [5.74, 6) is -0.921. The molecule has 0 fully saturated rings. The number of nitrogens with zero attached hydrogens (tertiary/aromatic N) is 3. The number of halogens is 2. The molecule has 1 heterocycles. The van der Waals surface area contributed by atoms with Gasteiger partial charge in [0, 0.05) is 22.0 Å². The molecule has 0 aliphatic heterocycles. The molecule has 0 saturated carbocycles. The van der Waals surface area contributed by atoms with Crippen LogP contribution in [0.4, 0.5) is 21.6 Å². The molecule has 0 unspecified atom stereocenters. The van der Waals surface area contributed by atoms with E-state index in [1.54, 1.807) is 6.07 Å². The molecule has 0 saturated heterocycles. The van der Waals surface area contributed by atoms with Crippen molar-refractivity contribution >= 4 is 49.9 Å². The van der Waals surface area contributed by atoms with Crippen molar-refractivity contribution in [3.8, 4) is 0 Å². The average Bonchev–Trinajstić information content (AvgIpc) is 2.56. The number of hydrogen-bond donors (Lipinski definition) is 2. The van der Waals surface area contributed by atoms with Gasteiger partial charge in [0.25, 0.3) is 5.69 Å². The molecule has 132 valence electrons. The maximum absolute atomic E-state index is 14.1. The van der Waals surface area contributed by atoms with Gasteiger partial charge in [-0.05, 0) is 24.3 Å². The Hall–Kier alpha value is -3.14. The van der Waals surface area contributed by atoms with Crippen molar-refractivity contribution < 1.29 is 14.1 Å². The number of rotatable bonds is 5. The standard InChI is InChI=1S/C16H11BrFN5O3/c17-8-1-3-13(11(18)5-8)21-16-10-6-9(23(25)26)2-4-12(10)20-15(22-16)7-14(19)24/h1-6H,7H2,(H2,19,24)(H,20,21,22). The highest BCUT2D eigenvalue weighted by Crippen LogP contribution is 2.29. The number of primary amides is 1. The van der Waals surface area contributed by atoms with Gasteiger partial charge in [-0.1, -0.05) is 15.9 Å². The molecule has 0 aliphatic carbocycles. The van der Waals surface area contributed by atoms with Gasteiger partial charge in [0.1, 0.15) is 17.5 Å². The number of amides is 1. The van der Waals surface area contributed by atoms with Crippen LogP contribution in [-0.4, -0.2) is 20.8 Å². The summed E-state index contributed by atoms with van der Waals surface area (Å²) in [6.07, 6.45) is -0.218. The molecule has 10 heteroatoms. The van der Waals surface area contributed by atoms with Crippen LogP contribution in [0.25, 0.3) is 10.9 Å². The zero-order valence-corrected chi connectivity index (χ0v) is 14.7. The molecule has 0 atom stereocenters. The van der Waals surface area contributed by atoms with E-state index in [9.17, 15) is 19.3 Å². The van der Waals surface area contributed by atoms with Crippen LogP contribution in [0.1, 0.15) is 5.82 Å². The summed E-state index contributed by atoms with van der Waals surface area (Å²) in [6, 6.07) is 8.37. The molecular weight excluding hydrogens is 409 g/mol. The Balaban J connectivity index is 2.16. The third kappa shape index (κ3) is 3.75. The number of carbonyl (C=O) groups excluding carboxylic acids is 1. The first-order chi connectivity index (χ1) is 12.3. The highest BCUT2D eigenvalue weighted by Gasteiger charge is 2.15. The maximum Gasteiger partial charge on any atom is 0.270 e. The van der Waals surface area contributed by atoms with Crippen LogP contribution < -0.4 is 11.1 Å². The number of fused-ring (bicyclic) bond motifs is 1. The van der Waals surface area contributed by atoms with Crippen molar-refractivity contribution in [3.05, 3.63) is 62.6 Å². The molecule has 3 rings (SSSR count). The lowest BCUT2D eigenvalue weighted by atomic mass is 10.2. The van der Waals surface area contributed by atoms with Gasteiger partial charge in [-0.2, -0.15) is 0 Å². The van der Waals surface area contributed by atoms with Gasteiger partial charge in [0.2, 0.25) is 5.91 Å². The number of benzene rings is 2. The zero-order valence-electron chi connectivity index (χ0n) is 13.1. The van der Waals surface area contributed by atoms with Crippen LogP contribution in [0.15, 0.2) is 40.9 Å². The number of anilines is 2. The monoisotopic (exact) mass is 419 g/mol. The number of nitro groups is 1. The van der Waals surface area contributed by atoms with E-state index < -0.39 is 16.6 Å². The van der Waals surface area contributed by atoms with Gasteiger partial charge < -0.3 is 11.1 Å². The molecule has 0 aliphatic rings. The molecule has 8 nitrogen and oxygen atoms in total. The van der Waals surface area contributed by atoms with E-state index in [4.69, 9.17) is 5.73 Å². The molecule has 1 aromatic heterocycles. The zero-order chi connectivity index (χ0) is 18.8. The first kappa shape index (κ1) is 17.7. The lowest BCUT2D eigenvalue weighted by Crippen LogP contribution is -2.16. The Morgan fingerprint density at radius 3 is 2.69 bits per heavy atom. The van der Waals surface area contributed by atoms with Gasteiger partial charge in [-0.25, -0.2) is 14.4 Å². The van der Waals surface area contributed by atoms with Gasteiger partial charge in [0.15, 0.2) is 0 Å². The minimum atomic E-state index is -0.632. The molecule has 3 N–H and O–H groups in total. The first-order valence-corrected chi connectivity index (χ1v) is 8.08. The number of aromatic nitrogens is 2. The Morgan fingerprint density at radius 1 is 1.27 bits per heavy atom. The van der Waals surface area contributed by atoms with Crippen LogP contribution in [0, 0.1) is 15.9 Å². The van der Waals surface area contributed by atoms with Crippen LogP contribution in [-0.2, 0) is 11.2 Å². The molecule has 0 radical (unpaired) electrons. The van der Waals surface area contributed by atoms with E-state index in [1.807, 2.05) is 0 Å². The minimum absolute atomic E-state index is 0.115. The van der Waals surface area contributed by atoms with Crippen LogP contribution in [0.3, 0.4) is 0 Å². The second-order valence-corrected chi connectivity index (χ2v) is 6.25.